The van der Waals surface area contributed by atoms with Crippen molar-refractivity contribution in [2.45, 2.75) is 83.3 Å². The second-order valence-corrected chi connectivity index (χ2v) is 13.0. The van der Waals surface area contributed by atoms with Crippen LogP contribution in [0.25, 0.3) is 0 Å². The molecule has 3 rings (SSSR count). The molecule has 9 N–H and O–H groups in total. The van der Waals surface area contributed by atoms with E-state index in [0.29, 0.717) is 0 Å². The fourth-order valence-corrected chi connectivity index (χ4v) is 5.69. The van der Waals surface area contributed by atoms with Crippen molar-refractivity contribution in [1.82, 2.24) is 31.5 Å². The van der Waals surface area contributed by atoms with Gasteiger partial charge in [-0.05, 0) is 69.5 Å². The third kappa shape index (κ3) is 9.50. The molecule has 0 aromatic heterocycles. The molecule has 2 aliphatic heterocycles. The van der Waals surface area contributed by atoms with E-state index in [4.69, 9.17) is 9.84 Å². The SMILES string of the molecule is C=C(C)[C@@H]1NC(=O)[C@@H](NC)[C@@H](O)c2ccc(O)c(c2)O[C@](C)(CC)[C@@H](C(=O)N2CC=C[C@H]2C(=O)N/C(C(=O)N/C(=C/C(=O)O)C(=O)O)=C(\C)CC)NC1=O. The van der Waals surface area contributed by atoms with E-state index in [0.717, 1.165) is 4.90 Å². The first-order valence-corrected chi connectivity index (χ1v) is 16.9. The number of aromatic hydroxyl groups is 1. The number of hydrogen-bond donors (Lipinski definition) is 9. The van der Waals surface area contributed by atoms with E-state index in [2.05, 4.69) is 27.8 Å². The summed E-state index contributed by atoms with van der Waals surface area (Å²) in [5.74, 6) is -8.50. The van der Waals surface area contributed by atoms with E-state index < -0.39 is 83.0 Å². The number of aliphatic hydroxyl groups excluding tert-OH is 1. The summed E-state index contributed by atoms with van der Waals surface area (Å²) >= 11 is 0. The lowest BCUT2D eigenvalue weighted by atomic mass is 9.90. The van der Waals surface area contributed by atoms with Gasteiger partial charge in [0.05, 0.1) is 6.08 Å². The van der Waals surface area contributed by atoms with Crippen LogP contribution in [0.4, 0.5) is 0 Å². The molecule has 0 radical (unpaired) electrons. The van der Waals surface area contributed by atoms with Crippen molar-refractivity contribution in [3.63, 3.8) is 0 Å². The summed E-state index contributed by atoms with van der Waals surface area (Å²) < 4.78 is 6.29. The average molecular weight is 755 g/mol. The van der Waals surface area contributed by atoms with Crippen LogP contribution in [0.5, 0.6) is 11.5 Å². The number of ether oxygens (including phenoxy) is 1. The molecular formula is C36H46N6O12. The number of aliphatic carboxylic acids is 2. The molecule has 18 nitrogen and oxygen atoms in total. The molecule has 6 atom stereocenters. The Hall–Kier alpha value is -6.01. The van der Waals surface area contributed by atoms with Crippen LogP contribution in [-0.4, -0.2) is 110 Å². The number of allylic oxidation sites excluding steroid dienone is 1. The predicted octanol–water partition coefficient (Wildman–Crippen LogP) is -0.143. The van der Waals surface area contributed by atoms with Gasteiger partial charge in [0.15, 0.2) is 11.5 Å². The molecule has 0 saturated heterocycles. The fraction of sp³-hybridized carbons (Fsp3) is 0.417. The van der Waals surface area contributed by atoms with Crippen molar-refractivity contribution in [3.05, 3.63) is 71.1 Å². The fourth-order valence-electron chi connectivity index (χ4n) is 5.69. The molecule has 292 valence electrons. The van der Waals surface area contributed by atoms with Gasteiger partial charge in [0.1, 0.15) is 47.3 Å². The second-order valence-electron chi connectivity index (χ2n) is 13.0. The first-order valence-electron chi connectivity index (χ1n) is 16.9. The molecule has 0 spiro atoms. The van der Waals surface area contributed by atoms with Crippen LogP contribution in [-0.2, 0) is 33.6 Å². The molecular weight excluding hydrogens is 708 g/mol. The number of amides is 5. The molecule has 0 aliphatic carbocycles. The summed E-state index contributed by atoms with van der Waals surface area (Å²) in [6, 6.07) is -1.76. The van der Waals surface area contributed by atoms with Gasteiger partial charge in [0, 0.05) is 6.54 Å². The maximum atomic E-state index is 14.6. The third-order valence-corrected chi connectivity index (χ3v) is 9.15. The number of carboxylic acid groups (broad SMARTS) is 2. The van der Waals surface area contributed by atoms with Crippen LogP contribution in [0.3, 0.4) is 0 Å². The summed E-state index contributed by atoms with van der Waals surface area (Å²) in [4.78, 5) is 92.7. The van der Waals surface area contributed by atoms with E-state index in [1.165, 1.54) is 58.2 Å². The number of benzene rings is 1. The minimum absolute atomic E-state index is 0.0236. The van der Waals surface area contributed by atoms with Crippen LogP contribution < -0.4 is 31.3 Å². The molecule has 2 aliphatic rings. The van der Waals surface area contributed by atoms with Crippen molar-refractivity contribution in [1.29, 1.82) is 0 Å². The monoisotopic (exact) mass is 754 g/mol. The number of fused-ring (bicyclic) bond motifs is 2. The number of likely N-dealkylation sites (N-methyl/N-ethyl adjacent to an activating group) is 1. The molecule has 2 heterocycles. The Kier molecular flexibility index (Phi) is 13.9. The van der Waals surface area contributed by atoms with Gasteiger partial charge in [-0.25, -0.2) is 9.59 Å². The van der Waals surface area contributed by atoms with Crippen molar-refractivity contribution in [3.8, 4) is 11.5 Å². The maximum absolute atomic E-state index is 14.6. The molecule has 5 amide bonds. The van der Waals surface area contributed by atoms with Crippen molar-refractivity contribution >= 4 is 41.5 Å². The number of hydrogen-bond acceptors (Lipinski definition) is 11. The number of aliphatic hydroxyl groups is 1. The zero-order valence-corrected chi connectivity index (χ0v) is 30.7. The topological polar surface area (TPSA) is 273 Å². The van der Waals surface area contributed by atoms with Gasteiger partial charge < -0.3 is 56.6 Å². The second kappa shape index (κ2) is 17.7. The highest BCUT2D eigenvalue weighted by atomic mass is 16.5. The van der Waals surface area contributed by atoms with Gasteiger partial charge >= 0.3 is 11.9 Å². The standard InChI is InChI=1S/C36H46N6O12/c1-8-18(5)26(32(49)38-20(35(52)53)16-24(44)45)40-30(47)21-11-10-14-42(21)34(51)29-36(6,9-2)54-23-15-19(12-13-22(23)43)28(46)27(37-7)33(50)39-25(17(3)4)31(48)41-29/h10-13,15-16,21,25,27-29,37,43,46H,3,8-9,14H2,1-2,4-7H3,(H,38,49)(H,39,50)(H,40,47)(H,41,48)(H,44,45)(H,52,53)/b20-16+,26-18+/t21-,25-,27-,28-,29+,36+/m0/s1. The molecule has 0 unspecified atom stereocenters. The Morgan fingerprint density at radius 2 is 1.74 bits per heavy atom. The molecule has 0 fully saturated rings. The van der Waals surface area contributed by atoms with E-state index in [9.17, 15) is 48.9 Å². The van der Waals surface area contributed by atoms with Gasteiger partial charge in [-0.1, -0.05) is 38.6 Å². The zero-order chi connectivity index (χ0) is 40.7. The minimum atomic E-state index is -1.75. The van der Waals surface area contributed by atoms with Crippen molar-refractivity contribution < 1.29 is 58.7 Å². The summed E-state index contributed by atoms with van der Waals surface area (Å²) in [6.07, 6.45) is 1.89. The number of carbonyl (C=O) groups is 7. The molecule has 0 saturated carbocycles. The quantitative estimate of drug-likeness (QED) is 0.105. The van der Waals surface area contributed by atoms with Gasteiger partial charge in [-0.15, -0.1) is 0 Å². The van der Waals surface area contributed by atoms with E-state index in [1.807, 2.05) is 5.32 Å². The Labute approximate surface area is 311 Å². The molecule has 1 aromatic rings. The van der Waals surface area contributed by atoms with Gasteiger partial charge in [0.25, 0.3) is 17.7 Å². The maximum Gasteiger partial charge on any atom is 0.352 e. The largest absolute Gasteiger partial charge is 0.504 e. The van der Waals surface area contributed by atoms with Crippen LogP contribution in [0.2, 0.25) is 0 Å². The summed E-state index contributed by atoms with van der Waals surface area (Å²) in [7, 11) is 1.43. The van der Waals surface area contributed by atoms with Crippen LogP contribution in [0.1, 0.15) is 59.1 Å². The Morgan fingerprint density at radius 3 is 2.30 bits per heavy atom. The number of nitrogens with one attached hydrogen (secondary N) is 5. The number of rotatable bonds is 11. The lowest BCUT2D eigenvalue weighted by Crippen LogP contribution is -2.65. The average Bonchev–Trinajstić information content (AvgIpc) is 3.61. The molecule has 54 heavy (non-hydrogen) atoms. The van der Waals surface area contributed by atoms with Gasteiger partial charge in [0.2, 0.25) is 11.8 Å². The third-order valence-electron chi connectivity index (χ3n) is 9.15. The zero-order valence-electron chi connectivity index (χ0n) is 30.7. The van der Waals surface area contributed by atoms with Crippen LogP contribution >= 0.6 is 0 Å². The van der Waals surface area contributed by atoms with Gasteiger partial charge in [-0.2, -0.15) is 0 Å². The van der Waals surface area contributed by atoms with Crippen molar-refractivity contribution in [2.75, 3.05) is 13.6 Å². The van der Waals surface area contributed by atoms with Crippen LogP contribution in [0.15, 0.2) is 65.5 Å². The molecule has 2 bridgehead atoms. The Morgan fingerprint density at radius 1 is 1.07 bits per heavy atom. The number of phenols is 1. The molecule has 18 heteroatoms. The smallest absolute Gasteiger partial charge is 0.352 e. The highest BCUT2D eigenvalue weighted by molar-refractivity contribution is 6.06. The summed E-state index contributed by atoms with van der Waals surface area (Å²) in [5, 5.41) is 52.7. The highest BCUT2D eigenvalue weighted by Crippen LogP contribution is 2.36. The van der Waals surface area contributed by atoms with E-state index in [-0.39, 0.29) is 59.4 Å². The van der Waals surface area contributed by atoms with Crippen LogP contribution in [0, 0.1) is 0 Å². The first-order chi connectivity index (χ1) is 25.3. The lowest BCUT2D eigenvalue weighted by molar-refractivity contribution is -0.146. The van der Waals surface area contributed by atoms with Crippen molar-refractivity contribution in [2.24, 2.45) is 0 Å². The van der Waals surface area contributed by atoms with E-state index in [1.54, 1.807) is 13.8 Å². The summed E-state index contributed by atoms with van der Waals surface area (Å²) in [6.45, 7) is 11.4. The number of carboxylic acids is 2. The predicted molar refractivity (Wildman–Crippen MR) is 191 cm³/mol. The number of phenolic OH excluding ortho intramolecular Hbond substituents is 1. The Bertz CT molecular complexity index is 1820. The normalized spacial score (nSPS) is 25.0. The highest BCUT2D eigenvalue weighted by Gasteiger charge is 2.47. The van der Waals surface area contributed by atoms with Gasteiger partial charge in [-0.3, -0.25) is 24.0 Å². The minimum Gasteiger partial charge on any atom is -0.504 e. The number of nitrogens with zero attached hydrogens (tertiary/aromatic N) is 1. The Balaban J connectivity index is 2.08. The number of carbonyl (C=O) groups excluding carboxylic acids is 5. The first kappa shape index (κ1) is 42.4. The van der Waals surface area contributed by atoms with E-state index >= 15 is 0 Å². The lowest BCUT2D eigenvalue weighted by Gasteiger charge is -2.40. The summed E-state index contributed by atoms with van der Waals surface area (Å²) in [5.41, 5.74) is -2.39. The molecule has 1 aromatic carbocycles.